The molecule has 0 saturated heterocycles. The molecule has 0 spiro atoms. The van der Waals surface area contributed by atoms with Gasteiger partial charge >= 0.3 is 5.97 Å². The van der Waals surface area contributed by atoms with Crippen molar-refractivity contribution in [2.24, 2.45) is 0 Å². The Morgan fingerprint density at radius 2 is 2.31 bits per heavy atom. The Labute approximate surface area is 92.9 Å². The molecule has 0 aromatic heterocycles. The van der Waals surface area contributed by atoms with Crippen LogP contribution in [0.3, 0.4) is 0 Å². The normalized spacial score (nSPS) is 11.7. The predicted octanol–water partition coefficient (Wildman–Crippen LogP) is 1.02. The molecule has 1 unspecified atom stereocenters. The summed E-state index contributed by atoms with van der Waals surface area (Å²) in [5.41, 5.74) is 0.618. The van der Waals surface area contributed by atoms with E-state index < -0.39 is 12.0 Å². The van der Waals surface area contributed by atoms with Crippen molar-refractivity contribution in [3.63, 3.8) is 0 Å². The maximum Gasteiger partial charge on any atom is 0.304 e. The summed E-state index contributed by atoms with van der Waals surface area (Å²) < 4.78 is 0. The minimum absolute atomic E-state index is 0.0446. The summed E-state index contributed by atoms with van der Waals surface area (Å²) in [5, 5.41) is 29.4. The first-order chi connectivity index (χ1) is 7.63. The Hall–Kier alpha value is -2.06. The van der Waals surface area contributed by atoms with Crippen molar-refractivity contribution in [3.8, 4) is 11.8 Å². The molecule has 1 atom stereocenters. The molecule has 0 aliphatic rings. The van der Waals surface area contributed by atoms with E-state index >= 15 is 0 Å². The van der Waals surface area contributed by atoms with Crippen molar-refractivity contribution in [3.05, 3.63) is 29.8 Å². The number of phenolic OH excluding ortho intramolecular Hbond substituents is 1. The van der Waals surface area contributed by atoms with Gasteiger partial charge in [0.1, 0.15) is 11.8 Å². The van der Waals surface area contributed by atoms with Gasteiger partial charge in [-0.05, 0) is 17.7 Å². The number of aromatic hydroxyl groups is 1. The van der Waals surface area contributed by atoms with E-state index in [1.54, 1.807) is 12.1 Å². The van der Waals surface area contributed by atoms with Crippen LogP contribution in [0.25, 0.3) is 0 Å². The minimum Gasteiger partial charge on any atom is -0.508 e. The van der Waals surface area contributed by atoms with Crippen molar-refractivity contribution >= 4 is 5.97 Å². The number of rotatable bonds is 5. The summed E-state index contributed by atoms with van der Waals surface area (Å²) in [7, 11) is 0. The molecule has 1 aromatic carbocycles. The Balaban J connectivity index is 2.61. The molecule has 3 N–H and O–H groups in total. The molecule has 1 aromatic rings. The molecule has 0 aliphatic carbocycles. The lowest BCUT2D eigenvalue weighted by atomic mass is 10.1. The number of hydrogen-bond acceptors (Lipinski definition) is 4. The summed E-state index contributed by atoms with van der Waals surface area (Å²) in [6, 6.07) is 7.71. The van der Waals surface area contributed by atoms with Crippen LogP contribution in [0.4, 0.5) is 0 Å². The number of benzene rings is 1. The molecule has 0 aliphatic heterocycles. The summed E-state index contributed by atoms with van der Waals surface area (Å²) in [4.78, 5) is 10.3. The van der Waals surface area contributed by atoms with Crippen LogP contribution in [-0.4, -0.2) is 22.7 Å². The van der Waals surface area contributed by atoms with Gasteiger partial charge in [-0.3, -0.25) is 10.1 Å². The summed E-state index contributed by atoms with van der Waals surface area (Å²) >= 11 is 0. The van der Waals surface area contributed by atoms with Crippen LogP contribution < -0.4 is 5.32 Å². The van der Waals surface area contributed by atoms with Gasteiger partial charge in [0, 0.05) is 6.54 Å². The van der Waals surface area contributed by atoms with E-state index in [2.05, 4.69) is 5.32 Å². The van der Waals surface area contributed by atoms with Gasteiger partial charge in [0.25, 0.3) is 0 Å². The molecule has 0 heterocycles. The largest absolute Gasteiger partial charge is 0.508 e. The zero-order chi connectivity index (χ0) is 12.0. The van der Waals surface area contributed by atoms with E-state index in [4.69, 9.17) is 10.4 Å². The van der Waals surface area contributed by atoms with Gasteiger partial charge in [0.15, 0.2) is 0 Å². The van der Waals surface area contributed by atoms with Crippen LogP contribution in [-0.2, 0) is 4.79 Å². The fourth-order valence-corrected chi connectivity index (χ4v) is 1.27. The van der Waals surface area contributed by atoms with Crippen LogP contribution in [0.2, 0.25) is 0 Å². The molecule has 84 valence electrons. The second kappa shape index (κ2) is 5.73. The Kier molecular flexibility index (Phi) is 4.30. The number of hydrogen-bond donors (Lipinski definition) is 3. The zero-order valence-corrected chi connectivity index (χ0v) is 8.55. The molecular weight excluding hydrogens is 208 g/mol. The van der Waals surface area contributed by atoms with E-state index in [-0.39, 0.29) is 18.7 Å². The molecule has 5 heteroatoms. The number of carboxylic acid groups (broad SMARTS) is 1. The van der Waals surface area contributed by atoms with Crippen molar-refractivity contribution < 1.29 is 15.0 Å². The molecule has 16 heavy (non-hydrogen) atoms. The van der Waals surface area contributed by atoms with Crippen LogP contribution in [0.5, 0.6) is 5.75 Å². The SMILES string of the molecule is N#CC(NCCC(=O)O)c1cccc(O)c1. The molecule has 1 rings (SSSR count). The molecule has 0 saturated carbocycles. The highest BCUT2D eigenvalue weighted by molar-refractivity contribution is 5.66. The van der Waals surface area contributed by atoms with Crippen LogP contribution in [0, 0.1) is 11.3 Å². The van der Waals surface area contributed by atoms with E-state index in [9.17, 15) is 9.90 Å². The first kappa shape index (κ1) is 12.0. The Morgan fingerprint density at radius 3 is 2.88 bits per heavy atom. The van der Waals surface area contributed by atoms with Gasteiger partial charge in [0.05, 0.1) is 12.5 Å². The highest BCUT2D eigenvalue weighted by Gasteiger charge is 2.10. The zero-order valence-electron chi connectivity index (χ0n) is 8.55. The fourth-order valence-electron chi connectivity index (χ4n) is 1.27. The Bertz CT molecular complexity index is 412. The van der Waals surface area contributed by atoms with Crippen molar-refractivity contribution in [2.75, 3.05) is 6.54 Å². The average Bonchev–Trinajstić information content (AvgIpc) is 2.24. The van der Waals surface area contributed by atoms with Gasteiger partial charge in [-0.2, -0.15) is 5.26 Å². The maximum absolute atomic E-state index is 10.3. The van der Waals surface area contributed by atoms with Crippen molar-refractivity contribution in [1.29, 1.82) is 5.26 Å². The van der Waals surface area contributed by atoms with E-state index in [1.165, 1.54) is 12.1 Å². The number of aliphatic carboxylic acids is 1. The smallest absolute Gasteiger partial charge is 0.304 e. The van der Waals surface area contributed by atoms with E-state index in [0.717, 1.165) is 0 Å². The third kappa shape index (κ3) is 3.59. The lowest BCUT2D eigenvalue weighted by molar-refractivity contribution is -0.136. The van der Waals surface area contributed by atoms with Gasteiger partial charge in [-0.1, -0.05) is 12.1 Å². The lowest BCUT2D eigenvalue weighted by Gasteiger charge is -2.10. The first-order valence-corrected chi connectivity index (χ1v) is 4.77. The molecule has 0 radical (unpaired) electrons. The third-order valence-corrected chi connectivity index (χ3v) is 2.02. The number of nitriles is 1. The average molecular weight is 220 g/mol. The lowest BCUT2D eigenvalue weighted by Crippen LogP contribution is -2.22. The van der Waals surface area contributed by atoms with E-state index in [0.29, 0.717) is 5.56 Å². The molecule has 0 amide bonds. The van der Waals surface area contributed by atoms with Crippen LogP contribution in [0.1, 0.15) is 18.0 Å². The molecular formula is C11H12N2O3. The summed E-state index contributed by atoms with van der Waals surface area (Å²) in [5.74, 6) is -0.835. The van der Waals surface area contributed by atoms with Crippen molar-refractivity contribution in [1.82, 2.24) is 5.32 Å². The van der Waals surface area contributed by atoms with Gasteiger partial charge in [0.2, 0.25) is 0 Å². The molecule has 5 nitrogen and oxygen atoms in total. The van der Waals surface area contributed by atoms with E-state index in [1.807, 2.05) is 6.07 Å². The number of phenols is 1. The van der Waals surface area contributed by atoms with Crippen LogP contribution in [0.15, 0.2) is 24.3 Å². The number of nitrogens with one attached hydrogen (secondary N) is 1. The van der Waals surface area contributed by atoms with Crippen molar-refractivity contribution in [2.45, 2.75) is 12.5 Å². The second-order valence-electron chi connectivity index (χ2n) is 3.25. The second-order valence-corrected chi connectivity index (χ2v) is 3.25. The first-order valence-electron chi connectivity index (χ1n) is 4.77. The number of carbonyl (C=O) groups is 1. The maximum atomic E-state index is 10.3. The quantitative estimate of drug-likeness (QED) is 0.688. The highest BCUT2D eigenvalue weighted by Crippen LogP contribution is 2.17. The standard InChI is InChI=1S/C11H12N2O3/c12-7-10(13-5-4-11(15)16)8-2-1-3-9(14)6-8/h1-3,6,10,13-14H,4-5H2,(H,15,16). The Morgan fingerprint density at radius 1 is 1.56 bits per heavy atom. The monoisotopic (exact) mass is 220 g/mol. The van der Waals surface area contributed by atoms with Crippen LogP contribution >= 0.6 is 0 Å². The third-order valence-electron chi connectivity index (χ3n) is 2.02. The number of carboxylic acids is 1. The molecule has 0 fully saturated rings. The number of nitrogens with zero attached hydrogens (tertiary/aromatic N) is 1. The topological polar surface area (TPSA) is 93.4 Å². The minimum atomic E-state index is -0.917. The summed E-state index contributed by atoms with van der Waals surface area (Å²) in [6.45, 7) is 0.212. The van der Waals surface area contributed by atoms with Gasteiger partial charge in [-0.25, -0.2) is 0 Å². The predicted molar refractivity (Wildman–Crippen MR) is 56.7 cm³/mol. The fraction of sp³-hybridized carbons (Fsp3) is 0.273. The molecule has 0 bridgehead atoms. The van der Waals surface area contributed by atoms with Gasteiger partial charge < -0.3 is 10.2 Å². The summed E-state index contributed by atoms with van der Waals surface area (Å²) in [6.07, 6.45) is -0.0446. The highest BCUT2D eigenvalue weighted by atomic mass is 16.4. The van der Waals surface area contributed by atoms with Gasteiger partial charge in [-0.15, -0.1) is 0 Å².